The summed E-state index contributed by atoms with van der Waals surface area (Å²) in [5.41, 5.74) is 1.50. The van der Waals surface area contributed by atoms with E-state index < -0.39 is 11.7 Å². The van der Waals surface area contributed by atoms with Crippen LogP contribution in [-0.2, 0) is 9.53 Å². The number of hydrogen-bond donors (Lipinski definition) is 2. The Bertz CT molecular complexity index is 577. The Labute approximate surface area is 144 Å². The summed E-state index contributed by atoms with van der Waals surface area (Å²) in [6.45, 7) is 11.8. The van der Waals surface area contributed by atoms with Gasteiger partial charge in [0.05, 0.1) is 18.3 Å². The average Bonchev–Trinajstić information content (AvgIpc) is 2.54. The van der Waals surface area contributed by atoms with Gasteiger partial charge >= 0.3 is 5.97 Å². The van der Waals surface area contributed by atoms with Gasteiger partial charge in [-0.3, -0.25) is 0 Å². The van der Waals surface area contributed by atoms with Gasteiger partial charge in [0.15, 0.2) is 0 Å². The van der Waals surface area contributed by atoms with E-state index in [0.29, 0.717) is 31.4 Å². The molecule has 24 heavy (non-hydrogen) atoms. The lowest BCUT2D eigenvalue weighted by atomic mass is 9.76. The molecule has 4 nitrogen and oxygen atoms in total. The predicted molar refractivity (Wildman–Crippen MR) is 94.2 cm³/mol. The van der Waals surface area contributed by atoms with Crippen molar-refractivity contribution in [3.8, 4) is 0 Å². The zero-order valence-electron chi connectivity index (χ0n) is 14.6. The number of hydrogen-bond acceptors (Lipinski definition) is 4. The minimum absolute atomic E-state index is 0.00672. The Balaban J connectivity index is 2.30. The molecule has 0 radical (unpaired) electrons. The third-order valence-electron chi connectivity index (χ3n) is 4.81. The zero-order chi connectivity index (χ0) is 17.9. The second-order valence-corrected chi connectivity index (χ2v) is 7.36. The molecule has 1 saturated heterocycles. The Kier molecular flexibility index (Phi) is 5.83. The highest BCUT2D eigenvalue weighted by Gasteiger charge is 2.37. The van der Waals surface area contributed by atoms with Crippen molar-refractivity contribution in [1.82, 2.24) is 0 Å². The Morgan fingerprint density at radius 1 is 1.17 bits per heavy atom. The molecular weight excluding hydrogens is 304 g/mol. The van der Waals surface area contributed by atoms with Gasteiger partial charge in [-0.2, -0.15) is 0 Å². The van der Waals surface area contributed by atoms with Gasteiger partial charge in [0.1, 0.15) is 0 Å². The molecule has 0 unspecified atom stereocenters. The fourth-order valence-corrected chi connectivity index (χ4v) is 3.29. The van der Waals surface area contributed by atoms with Crippen LogP contribution < -0.4 is 0 Å². The molecule has 1 saturated carbocycles. The number of rotatable bonds is 2. The summed E-state index contributed by atoms with van der Waals surface area (Å²) in [5.74, 6) is -0.232. The van der Waals surface area contributed by atoms with Gasteiger partial charge in [-0.15, -0.1) is 0 Å². The molecule has 0 bridgehead atoms. The summed E-state index contributed by atoms with van der Waals surface area (Å²) in [6, 6.07) is 0. The lowest BCUT2D eigenvalue weighted by Gasteiger charge is -2.33. The summed E-state index contributed by atoms with van der Waals surface area (Å²) >= 11 is 0. The first-order valence-corrected chi connectivity index (χ1v) is 8.51. The summed E-state index contributed by atoms with van der Waals surface area (Å²) in [4.78, 5) is 12.3. The number of cyclic esters (lactones) is 1. The van der Waals surface area contributed by atoms with E-state index in [1.54, 1.807) is 32.1 Å². The normalized spacial score (nSPS) is 31.4. The second-order valence-electron chi connectivity index (χ2n) is 7.36. The largest absolute Gasteiger partial charge is 0.462 e. The highest BCUT2D eigenvalue weighted by atomic mass is 16.5. The van der Waals surface area contributed by atoms with E-state index in [0.717, 1.165) is 17.6 Å². The fraction of sp³-hybridized carbons (Fsp3) is 0.550. The maximum absolute atomic E-state index is 12.3. The van der Waals surface area contributed by atoms with Gasteiger partial charge in [0.25, 0.3) is 0 Å². The van der Waals surface area contributed by atoms with E-state index in [-0.39, 0.29) is 17.8 Å². The third-order valence-corrected chi connectivity index (χ3v) is 4.81. The first-order valence-electron chi connectivity index (χ1n) is 8.51. The standard InChI is InChI=1S/C20H28O4/c1-13-8-10-18(21)14(2)7-9-15-16(6-5-11-20(3,4)23)19(22)24-12-17(13)15/h5-6,11,15,17-18,21,23H,1-2,7-10,12H2,3-4H3/b11-5+,16-6-/t15-,17+,18-/m0/s1. The van der Waals surface area contributed by atoms with Crippen molar-refractivity contribution in [2.24, 2.45) is 11.8 Å². The molecular formula is C20H28O4. The van der Waals surface area contributed by atoms with E-state index in [1.165, 1.54) is 0 Å². The van der Waals surface area contributed by atoms with Crippen LogP contribution in [0.25, 0.3) is 0 Å². The van der Waals surface area contributed by atoms with Crippen molar-refractivity contribution >= 4 is 5.97 Å². The lowest BCUT2D eigenvalue weighted by molar-refractivity contribution is -0.144. The van der Waals surface area contributed by atoms with Crippen LogP contribution in [0.2, 0.25) is 0 Å². The van der Waals surface area contributed by atoms with Gasteiger partial charge in [0.2, 0.25) is 0 Å². The highest BCUT2D eigenvalue weighted by molar-refractivity contribution is 5.90. The van der Waals surface area contributed by atoms with Crippen molar-refractivity contribution < 1.29 is 19.7 Å². The molecule has 1 aliphatic heterocycles. The number of ether oxygens (including phenoxy) is 1. The smallest absolute Gasteiger partial charge is 0.334 e. The lowest BCUT2D eigenvalue weighted by Crippen LogP contribution is -2.34. The molecule has 1 heterocycles. The van der Waals surface area contributed by atoms with Crippen molar-refractivity contribution in [2.45, 2.75) is 51.2 Å². The van der Waals surface area contributed by atoms with Gasteiger partial charge < -0.3 is 14.9 Å². The van der Waals surface area contributed by atoms with Crippen LogP contribution in [0.5, 0.6) is 0 Å². The average molecular weight is 332 g/mol. The SMILES string of the molecule is C=C1CC[C@H](O)C(=C)CC[C@H]2/C(=C/C=C/C(C)(C)O)C(=O)OC[C@H]12. The van der Waals surface area contributed by atoms with E-state index in [1.807, 2.05) is 0 Å². The molecule has 132 valence electrons. The molecule has 0 aromatic rings. The summed E-state index contributed by atoms with van der Waals surface area (Å²) in [6.07, 6.45) is 7.30. The molecule has 0 spiro atoms. The molecule has 3 atom stereocenters. The quantitative estimate of drug-likeness (QED) is 0.463. The Morgan fingerprint density at radius 3 is 2.50 bits per heavy atom. The Hall–Kier alpha value is -1.65. The number of carbonyl (C=O) groups is 1. The number of esters is 1. The highest BCUT2D eigenvalue weighted by Crippen LogP contribution is 2.39. The molecule has 2 aliphatic rings. The molecule has 0 amide bonds. The summed E-state index contributed by atoms with van der Waals surface area (Å²) in [7, 11) is 0. The molecule has 2 N–H and O–H groups in total. The number of aliphatic hydroxyl groups is 2. The van der Waals surface area contributed by atoms with Gasteiger partial charge in [0, 0.05) is 17.4 Å². The van der Waals surface area contributed by atoms with Crippen molar-refractivity contribution in [3.05, 3.63) is 48.1 Å². The van der Waals surface area contributed by atoms with Crippen LogP contribution >= 0.6 is 0 Å². The van der Waals surface area contributed by atoms with Crippen LogP contribution in [-0.4, -0.2) is 34.5 Å². The van der Waals surface area contributed by atoms with E-state index in [4.69, 9.17) is 4.74 Å². The van der Waals surface area contributed by atoms with E-state index >= 15 is 0 Å². The minimum atomic E-state index is -0.935. The first kappa shape index (κ1) is 18.7. The maximum atomic E-state index is 12.3. The molecule has 4 heteroatoms. The van der Waals surface area contributed by atoms with E-state index in [2.05, 4.69) is 13.2 Å². The van der Waals surface area contributed by atoms with Crippen LogP contribution in [0.4, 0.5) is 0 Å². The van der Waals surface area contributed by atoms with Gasteiger partial charge in [-0.05, 0) is 45.1 Å². The number of fused-ring (bicyclic) bond motifs is 1. The molecule has 2 rings (SSSR count). The van der Waals surface area contributed by atoms with Crippen molar-refractivity contribution in [1.29, 1.82) is 0 Å². The molecule has 0 aromatic heterocycles. The fourth-order valence-electron chi connectivity index (χ4n) is 3.29. The van der Waals surface area contributed by atoms with Crippen LogP contribution in [0.3, 0.4) is 0 Å². The third kappa shape index (κ3) is 4.68. The number of aliphatic hydroxyl groups excluding tert-OH is 1. The van der Waals surface area contributed by atoms with Crippen LogP contribution in [0.15, 0.2) is 48.1 Å². The summed E-state index contributed by atoms with van der Waals surface area (Å²) < 4.78 is 5.35. The van der Waals surface area contributed by atoms with E-state index in [9.17, 15) is 15.0 Å². The zero-order valence-corrected chi connectivity index (χ0v) is 14.6. The van der Waals surface area contributed by atoms with Gasteiger partial charge in [-0.1, -0.05) is 37.0 Å². The Morgan fingerprint density at radius 2 is 1.83 bits per heavy atom. The number of allylic oxidation sites excluding steroid dienone is 2. The van der Waals surface area contributed by atoms with Gasteiger partial charge in [-0.25, -0.2) is 4.79 Å². The molecule has 0 aromatic carbocycles. The van der Waals surface area contributed by atoms with Crippen LogP contribution in [0.1, 0.15) is 39.5 Å². The topological polar surface area (TPSA) is 66.8 Å². The maximum Gasteiger partial charge on any atom is 0.334 e. The summed E-state index contributed by atoms with van der Waals surface area (Å²) in [5, 5.41) is 19.9. The van der Waals surface area contributed by atoms with Crippen molar-refractivity contribution in [3.63, 3.8) is 0 Å². The minimum Gasteiger partial charge on any atom is -0.462 e. The molecule has 1 aliphatic carbocycles. The van der Waals surface area contributed by atoms with Crippen molar-refractivity contribution in [2.75, 3.05) is 6.61 Å². The molecule has 2 fully saturated rings. The predicted octanol–water partition coefficient (Wildman–Crippen LogP) is 3.08. The van der Waals surface area contributed by atoms with Crippen LogP contribution in [0, 0.1) is 11.8 Å². The monoisotopic (exact) mass is 332 g/mol. The number of carbonyl (C=O) groups excluding carboxylic acids is 1. The second kappa shape index (κ2) is 7.49. The first-order chi connectivity index (χ1) is 11.2.